The predicted octanol–water partition coefficient (Wildman–Crippen LogP) is 5.74. The highest BCUT2D eigenvalue weighted by Gasteiger charge is 2.25. The summed E-state index contributed by atoms with van der Waals surface area (Å²) in [5.74, 6) is 0.887. The summed E-state index contributed by atoms with van der Waals surface area (Å²) < 4.78 is 25.0. The van der Waals surface area contributed by atoms with Crippen molar-refractivity contribution in [2.75, 3.05) is 12.4 Å². The van der Waals surface area contributed by atoms with E-state index in [2.05, 4.69) is 15.5 Å². The van der Waals surface area contributed by atoms with Crippen molar-refractivity contribution in [1.82, 2.24) is 10.2 Å². The van der Waals surface area contributed by atoms with Crippen molar-refractivity contribution in [3.63, 3.8) is 0 Å². The maximum absolute atomic E-state index is 13.6. The Morgan fingerprint density at radius 1 is 1.00 bits per heavy atom. The van der Waals surface area contributed by atoms with Gasteiger partial charge in [0, 0.05) is 16.1 Å². The highest BCUT2D eigenvalue weighted by Crippen LogP contribution is 2.35. The molecule has 4 aromatic rings. The van der Waals surface area contributed by atoms with Crippen molar-refractivity contribution < 1.29 is 13.5 Å². The van der Waals surface area contributed by atoms with Crippen LogP contribution in [0.4, 0.5) is 10.1 Å². The van der Waals surface area contributed by atoms with Crippen LogP contribution >= 0.6 is 11.6 Å². The van der Waals surface area contributed by atoms with E-state index >= 15 is 0 Å². The molecule has 0 aliphatic heterocycles. The third kappa shape index (κ3) is 4.07. The van der Waals surface area contributed by atoms with Gasteiger partial charge < -0.3 is 14.5 Å². The molecule has 0 aliphatic carbocycles. The minimum absolute atomic E-state index is 0.247. The van der Waals surface area contributed by atoms with Gasteiger partial charge in [-0.1, -0.05) is 48.0 Å². The van der Waals surface area contributed by atoms with Gasteiger partial charge in [0.05, 0.1) is 12.8 Å². The zero-order chi connectivity index (χ0) is 20.2. The van der Waals surface area contributed by atoms with Gasteiger partial charge in [-0.15, -0.1) is 10.2 Å². The second-order valence-electron chi connectivity index (χ2n) is 6.25. The van der Waals surface area contributed by atoms with E-state index in [1.807, 2.05) is 54.6 Å². The predicted molar refractivity (Wildman–Crippen MR) is 110 cm³/mol. The Balaban J connectivity index is 1.77. The third-order valence-corrected chi connectivity index (χ3v) is 4.72. The number of nitrogens with zero attached hydrogens (tertiary/aromatic N) is 2. The number of rotatable bonds is 6. The van der Waals surface area contributed by atoms with Crippen LogP contribution < -0.4 is 10.1 Å². The largest absolute Gasteiger partial charge is 0.495 e. The quantitative estimate of drug-likeness (QED) is 0.440. The SMILES string of the molecule is COc1ccccc1NC(c1nnc(-c2ccccc2)o1)c1ccc(F)cc1Cl. The van der Waals surface area contributed by atoms with Crippen molar-refractivity contribution >= 4 is 17.3 Å². The Labute approximate surface area is 172 Å². The van der Waals surface area contributed by atoms with Crippen LogP contribution in [-0.2, 0) is 0 Å². The van der Waals surface area contributed by atoms with E-state index in [0.717, 1.165) is 5.56 Å². The van der Waals surface area contributed by atoms with Crippen molar-refractivity contribution in [2.24, 2.45) is 0 Å². The van der Waals surface area contributed by atoms with Crippen LogP contribution in [0.25, 0.3) is 11.5 Å². The Morgan fingerprint density at radius 3 is 2.52 bits per heavy atom. The average molecular weight is 410 g/mol. The van der Waals surface area contributed by atoms with E-state index in [9.17, 15) is 4.39 Å². The fourth-order valence-electron chi connectivity index (χ4n) is 2.98. The van der Waals surface area contributed by atoms with Crippen LogP contribution in [0, 0.1) is 5.82 Å². The highest BCUT2D eigenvalue weighted by atomic mass is 35.5. The van der Waals surface area contributed by atoms with Crippen molar-refractivity contribution in [3.8, 4) is 17.2 Å². The fraction of sp³-hybridized carbons (Fsp3) is 0.0909. The first-order valence-corrected chi connectivity index (χ1v) is 9.27. The molecular weight excluding hydrogens is 393 g/mol. The molecule has 0 spiro atoms. The molecule has 3 aromatic carbocycles. The summed E-state index contributed by atoms with van der Waals surface area (Å²) in [5.41, 5.74) is 2.11. The molecule has 0 saturated heterocycles. The Hall–Kier alpha value is -3.38. The molecule has 4 rings (SSSR count). The molecule has 0 aliphatic rings. The van der Waals surface area contributed by atoms with Gasteiger partial charge in [0.2, 0.25) is 11.8 Å². The number of methoxy groups -OCH3 is 1. The first-order chi connectivity index (χ1) is 14.2. The van der Waals surface area contributed by atoms with Gasteiger partial charge in [0.15, 0.2) is 0 Å². The summed E-state index contributed by atoms with van der Waals surface area (Å²) >= 11 is 6.34. The zero-order valence-corrected chi connectivity index (χ0v) is 16.2. The molecule has 1 aromatic heterocycles. The molecule has 146 valence electrons. The van der Waals surface area contributed by atoms with Gasteiger partial charge in [-0.3, -0.25) is 0 Å². The number of nitrogens with one attached hydrogen (secondary N) is 1. The van der Waals surface area contributed by atoms with Gasteiger partial charge in [0.25, 0.3) is 0 Å². The number of para-hydroxylation sites is 2. The van der Waals surface area contributed by atoms with Crippen LogP contribution in [0.3, 0.4) is 0 Å². The average Bonchev–Trinajstić information content (AvgIpc) is 3.23. The second-order valence-corrected chi connectivity index (χ2v) is 6.66. The number of anilines is 1. The molecule has 0 radical (unpaired) electrons. The lowest BCUT2D eigenvalue weighted by molar-refractivity contribution is 0.415. The van der Waals surface area contributed by atoms with E-state index in [1.165, 1.54) is 12.1 Å². The van der Waals surface area contributed by atoms with E-state index in [4.69, 9.17) is 20.8 Å². The second kappa shape index (κ2) is 8.32. The van der Waals surface area contributed by atoms with Crippen LogP contribution in [-0.4, -0.2) is 17.3 Å². The van der Waals surface area contributed by atoms with E-state index in [-0.39, 0.29) is 5.02 Å². The zero-order valence-electron chi connectivity index (χ0n) is 15.5. The molecule has 0 bridgehead atoms. The van der Waals surface area contributed by atoms with Crippen LogP contribution in [0.5, 0.6) is 5.75 Å². The smallest absolute Gasteiger partial charge is 0.247 e. The highest BCUT2D eigenvalue weighted by molar-refractivity contribution is 6.31. The maximum Gasteiger partial charge on any atom is 0.247 e. The molecule has 7 heteroatoms. The molecule has 1 N–H and O–H groups in total. The lowest BCUT2D eigenvalue weighted by Crippen LogP contribution is -2.14. The molecule has 0 fully saturated rings. The summed E-state index contributed by atoms with van der Waals surface area (Å²) in [6.07, 6.45) is 0. The Kier molecular flexibility index (Phi) is 5.44. The molecule has 0 amide bonds. The minimum Gasteiger partial charge on any atom is -0.495 e. The van der Waals surface area contributed by atoms with Crippen molar-refractivity contribution in [2.45, 2.75) is 6.04 Å². The van der Waals surface area contributed by atoms with Crippen LogP contribution in [0.1, 0.15) is 17.5 Å². The normalized spacial score (nSPS) is 11.8. The summed E-state index contributed by atoms with van der Waals surface area (Å²) in [7, 11) is 1.58. The van der Waals surface area contributed by atoms with Gasteiger partial charge in [0.1, 0.15) is 17.6 Å². The number of hydrogen-bond acceptors (Lipinski definition) is 5. The number of halogens is 2. The molecule has 0 saturated carbocycles. The summed E-state index contributed by atoms with van der Waals surface area (Å²) in [4.78, 5) is 0. The Bertz CT molecular complexity index is 1120. The summed E-state index contributed by atoms with van der Waals surface area (Å²) in [5, 5.41) is 11.9. The number of aromatic nitrogens is 2. The van der Waals surface area contributed by atoms with Crippen molar-refractivity contribution in [1.29, 1.82) is 0 Å². The van der Waals surface area contributed by atoms with Crippen molar-refractivity contribution in [3.05, 3.63) is 95.1 Å². The number of benzene rings is 3. The first-order valence-electron chi connectivity index (χ1n) is 8.89. The van der Waals surface area contributed by atoms with E-state index < -0.39 is 11.9 Å². The topological polar surface area (TPSA) is 60.2 Å². The molecule has 29 heavy (non-hydrogen) atoms. The van der Waals surface area contributed by atoms with E-state index in [1.54, 1.807) is 13.2 Å². The standard InChI is InChI=1S/C22H17ClFN3O2/c1-28-19-10-6-5-9-18(19)25-20(16-12-11-15(24)13-17(16)23)22-27-26-21(29-22)14-7-3-2-4-8-14/h2-13,20,25H,1H3. The fourth-order valence-corrected chi connectivity index (χ4v) is 3.25. The summed E-state index contributed by atoms with van der Waals surface area (Å²) in [6.45, 7) is 0. The van der Waals surface area contributed by atoms with Gasteiger partial charge in [-0.25, -0.2) is 4.39 Å². The van der Waals surface area contributed by atoms with Gasteiger partial charge >= 0.3 is 0 Å². The molecule has 1 unspecified atom stereocenters. The van der Waals surface area contributed by atoms with Gasteiger partial charge in [-0.2, -0.15) is 0 Å². The lowest BCUT2D eigenvalue weighted by Gasteiger charge is -2.20. The summed E-state index contributed by atoms with van der Waals surface area (Å²) in [6, 6.07) is 20.5. The molecular formula is C22H17ClFN3O2. The minimum atomic E-state index is -0.607. The number of hydrogen-bond donors (Lipinski definition) is 1. The monoisotopic (exact) mass is 409 g/mol. The van der Waals surface area contributed by atoms with Crippen LogP contribution in [0.15, 0.2) is 77.2 Å². The first kappa shape index (κ1) is 19.0. The van der Waals surface area contributed by atoms with Gasteiger partial charge in [-0.05, 0) is 36.4 Å². The lowest BCUT2D eigenvalue weighted by atomic mass is 10.1. The maximum atomic E-state index is 13.6. The van der Waals surface area contributed by atoms with E-state index in [0.29, 0.717) is 28.8 Å². The molecule has 1 atom stereocenters. The Morgan fingerprint density at radius 2 is 1.76 bits per heavy atom. The molecule has 1 heterocycles. The molecule has 5 nitrogen and oxygen atoms in total. The van der Waals surface area contributed by atoms with Crippen LogP contribution in [0.2, 0.25) is 5.02 Å². The third-order valence-electron chi connectivity index (χ3n) is 4.39. The number of ether oxygens (including phenoxy) is 1.